The van der Waals surface area contributed by atoms with Crippen LogP contribution in [0.2, 0.25) is 0 Å². The minimum atomic E-state index is -0.958. The lowest BCUT2D eigenvalue weighted by Crippen LogP contribution is -2.49. The van der Waals surface area contributed by atoms with Gasteiger partial charge in [-0.25, -0.2) is 4.79 Å². The monoisotopic (exact) mass is 281 g/mol. The molecule has 1 rings (SSSR count). The van der Waals surface area contributed by atoms with Gasteiger partial charge in [-0.15, -0.1) is 0 Å². The summed E-state index contributed by atoms with van der Waals surface area (Å²) >= 11 is 0. The maximum absolute atomic E-state index is 12.2. The number of benzene rings is 1. The second-order valence-electron chi connectivity index (χ2n) is 4.51. The van der Waals surface area contributed by atoms with Crippen molar-refractivity contribution < 1.29 is 19.0 Å². The Balaban J connectivity index is 2.96. The Hall–Kier alpha value is -1.75. The minimum absolute atomic E-state index is 0.223. The number of carbonyl (C=O) groups excluding carboxylic acids is 1. The third kappa shape index (κ3) is 4.13. The van der Waals surface area contributed by atoms with Crippen LogP contribution in [0.15, 0.2) is 24.3 Å². The molecule has 0 fully saturated rings. The highest BCUT2D eigenvalue weighted by Gasteiger charge is 2.35. The maximum Gasteiger partial charge on any atom is 0.333 e. The first-order valence-corrected chi connectivity index (χ1v) is 6.73. The highest BCUT2D eigenvalue weighted by molar-refractivity contribution is 5.85. The molecule has 0 saturated carbocycles. The summed E-state index contributed by atoms with van der Waals surface area (Å²) in [6.07, 6.45) is 0. The first kappa shape index (κ1) is 16.3. The number of hydrogen-bond acceptors (Lipinski definition) is 5. The number of esters is 1. The van der Waals surface area contributed by atoms with Crippen LogP contribution >= 0.6 is 0 Å². The third-order valence-corrected chi connectivity index (χ3v) is 2.84. The average Bonchev–Trinajstić information content (AvgIpc) is 2.46. The summed E-state index contributed by atoms with van der Waals surface area (Å²) < 4.78 is 15.8. The molecule has 0 heterocycles. The molecule has 5 nitrogen and oxygen atoms in total. The standard InChI is InChI=1S/C15H23NO4/c1-5-19-11-15(3,14(17)20-6-2)16-12-9-7-8-10-13(12)18-4/h7-10,16H,5-6,11H2,1-4H3. The lowest BCUT2D eigenvalue weighted by molar-refractivity contribution is -0.150. The van der Waals surface area contributed by atoms with E-state index in [-0.39, 0.29) is 12.6 Å². The van der Waals surface area contributed by atoms with Crippen LogP contribution in [-0.2, 0) is 14.3 Å². The predicted molar refractivity (Wildman–Crippen MR) is 78.1 cm³/mol. The minimum Gasteiger partial charge on any atom is -0.495 e. The van der Waals surface area contributed by atoms with Crippen LogP contribution in [0, 0.1) is 0 Å². The van der Waals surface area contributed by atoms with Gasteiger partial charge in [-0.05, 0) is 32.9 Å². The molecule has 0 aliphatic carbocycles. The van der Waals surface area contributed by atoms with Crippen LogP contribution in [0.1, 0.15) is 20.8 Å². The molecular formula is C15H23NO4. The van der Waals surface area contributed by atoms with E-state index < -0.39 is 5.54 Å². The molecule has 0 aliphatic rings. The third-order valence-electron chi connectivity index (χ3n) is 2.84. The van der Waals surface area contributed by atoms with E-state index in [0.29, 0.717) is 19.0 Å². The summed E-state index contributed by atoms with van der Waals surface area (Å²) in [7, 11) is 1.59. The summed E-state index contributed by atoms with van der Waals surface area (Å²) in [5.74, 6) is 0.318. The van der Waals surface area contributed by atoms with Gasteiger partial charge in [0.2, 0.25) is 0 Å². The molecule has 5 heteroatoms. The molecule has 0 saturated heterocycles. The number of anilines is 1. The SMILES string of the molecule is CCOCC(C)(Nc1ccccc1OC)C(=O)OCC. The average molecular weight is 281 g/mol. The summed E-state index contributed by atoms with van der Waals surface area (Å²) in [6, 6.07) is 7.42. The topological polar surface area (TPSA) is 56.8 Å². The van der Waals surface area contributed by atoms with E-state index in [0.717, 1.165) is 5.69 Å². The van der Waals surface area contributed by atoms with E-state index in [1.807, 2.05) is 31.2 Å². The van der Waals surface area contributed by atoms with E-state index in [2.05, 4.69) is 5.32 Å². The van der Waals surface area contributed by atoms with Gasteiger partial charge in [0, 0.05) is 6.61 Å². The van der Waals surface area contributed by atoms with Crippen molar-refractivity contribution in [2.75, 3.05) is 32.2 Å². The molecule has 1 aromatic carbocycles. The highest BCUT2D eigenvalue weighted by Crippen LogP contribution is 2.27. The Kier molecular flexibility index (Phi) is 6.31. The number of nitrogens with one attached hydrogen (secondary N) is 1. The van der Waals surface area contributed by atoms with E-state index in [1.165, 1.54) is 0 Å². The van der Waals surface area contributed by atoms with Gasteiger partial charge in [-0.1, -0.05) is 12.1 Å². The summed E-state index contributed by atoms with van der Waals surface area (Å²) in [4.78, 5) is 12.2. The smallest absolute Gasteiger partial charge is 0.333 e. The van der Waals surface area contributed by atoms with Gasteiger partial charge >= 0.3 is 5.97 Å². The van der Waals surface area contributed by atoms with Crippen molar-refractivity contribution in [3.8, 4) is 5.75 Å². The van der Waals surface area contributed by atoms with Crippen LogP contribution in [-0.4, -0.2) is 38.4 Å². The summed E-state index contributed by atoms with van der Waals surface area (Å²) in [5.41, 5.74) is -0.231. The zero-order valence-corrected chi connectivity index (χ0v) is 12.6. The fourth-order valence-corrected chi connectivity index (χ4v) is 1.79. The number of rotatable bonds is 8. The van der Waals surface area contributed by atoms with Gasteiger partial charge < -0.3 is 19.5 Å². The molecule has 1 N–H and O–H groups in total. The second-order valence-corrected chi connectivity index (χ2v) is 4.51. The molecule has 1 aromatic rings. The van der Waals surface area contributed by atoms with Gasteiger partial charge in [0.1, 0.15) is 5.75 Å². The van der Waals surface area contributed by atoms with Crippen molar-refractivity contribution in [1.82, 2.24) is 0 Å². The number of carbonyl (C=O) groups is 1. The van der Waals surface area contributed by atoms with E-state index >= 15 is 0 Å². The maximum atomic E-state index is 12.2. The number of methoxy groups -OCH3 is 1. The quantitative estimate of drug-likeness (QED) is 0.742. The number of hydrogen-bond donors (Lipinski definition) is 1. The van der Waals surface area contributed by atoms with E-state index in [9.17, 15) is 4.79 Å². The van der Waals surface area contributed by atoms with Crippen molar-refractivity contribution >= 4 is 11.7 Å². The lowest BCUT2D eigenvalue weighted by atomic mass is 10.0. The van der Waals surface area contributed by atoms with Crippen molar-refractivity contribution in [2.24, 2.45) is 0 Å². The molecule has 0 aromatic heterocycles. The summed E-state index contributed by atoms with van der Waals surface area (Å²) in [5, 5.41) is 3.17. The molecule has 0 aliphatic heterocycles. The molecule has 0 spiro atoms. The molecule has 0 bridgehead atoms. The lowest BCUT2D eigenvalue weighted by Gasteiger charge is -2.29. The molecule has 112 valence electrons. The van der Waals surface area contributed by atoms with Crippen molar-refractivity contribution in [2.45, 2.75) is 26.3 Å². The van der Waals surface area contributed by atoms with E-state index in [1.54, 1.807) is 21.0 Å². The molecule has 1 unspecified atom stereocenters. The first-order valence-electron chi connectivity index (χ1n) is 6.73. The molecule has 0 radical (unpaired) electrons. The Morgan fingerprint density at radius 2 is 1.95 bits per heavy atom. The van der Waals surface area contributed by atoms with Crippen LogP contribution in [0.4, 0.5) is 5.69 Å². The number of para-hydroxylation sites is 2. The van der Waals surface area contributed by atoms with Crippen LogP contribution < -0.4 is 10.1 Å². The number of ether oxygens (including phenoxy) is 3. The molecular weight excluding hydrogens is 258 g/mol. The zero-order valence-electron chi connectivity index (χ0n) is 12.6. The van der Waals surface area contributed by atoms with Crippen LogP contribution in [0.5, 0.6) is 5.75 Å². The van der Waals surface area contributed by atoms with Crippen molar-refractivity contribution in [1.29, 1.82) is 0 Å². The highest BCUT2D eigenvalue weighted by atomic mass is 16.5. The fraction of sp³-hybridized carbons (Fsp3) is 0.533. The van der Waals surface area contributed by atoms with Gasteiger partial charge in [-0.3, -0.25) is 0 Å². The Labute approximate surface area is 120 Å². The zero-order chi connectivity index (χ0) is 15.0. The van der Waals surface area contributed by atoms with Gasteiger partial charge in [0.15, 0.2) is 5.54 Å². The fourth-order valence-electron chi connectivity index (χ4n) is 1.79. The summed E-state index contributed by atoms with van der Waals surface area (Å²) in [6.45, 7) is 6.50. The first-order chi connectivity index (χ1) is 9.57. The molecule has 1 atom stereocenters. The van der Waals surface area contributed by atoms with Crippen LogP contribution in [0.25, 0.3) is 0 Å². The van der Waals surface area contributed by atoms with Gasteiger partial charge in [-0.2, -0.15) is 0 Å². The Morgan fingerprint density at radius 1 is 1.25 bits per heavy atom. The van der Waals surface area contributed by atoms with Gasteiger partial charge in [0.05, 0.1) is 26.0 Å². The van der Waals surface area contributed by atoms with Crippen molar-refractivity contribution in [3.05, 3.63) is 24.3 Å². The normalized spacial score (nSPS) is 13.4. The predicted octanol–water partition coefficient (Wildman–Crippen LogP) is 2.47. The second kappa shape index (κ2) is 7.75. The Morgan fingerprint density at radius 3 is 2.55 bits per heavy atom. The van der Waals surface area contributed by atoms with Crippen LogP contribution in [0.3, 0.4) is 0 Å². The molecule has 20 heavy (non-hydrogen) atoms. The van der Waals surface area contributed by atoms with Gasteiger partial charge in [0.25, 0.3) is 0 Å². The Bertz CT molecular complexity index is 436. The van der Waals surface area contributed by atoms with Crippen molar-refractivity contribution in [3.63, 3.8) is 0 Å². The largest absolute Gasteiger partial charge is 0.495 e. The molecule has 0 amide bonds. The van der Waals surface area contributed by atoms with E-state index in [4.69, 9.17) is 14.2 Å².